The molecule has 30 heavy (non-hydrogen) atoms. The molecule has 0 aliphatic heterocycles. The molecule has 0 radical (unpaired) electrons. The van der Waals surface area contributed by atoms with Crippen LogP contribution in [-0.4, -0.2) is 28.7 Å². The number of nitrogens with zero attached hydrogens (tertiary/aromatic N) is 3. The maximum atomic E-state index is 13.4. The van der Waals surface area contributed by atoms with Crippen molar-refractivity contribution in [2.45, 2.75) is 20.3 Å². The van der Waals surface area contributed by atoms with E-state index in [1.807, 2.05) is 13.8 Å². The zero-order valence-corrected chi connectivity index (χ0v) is 17.7. The average Bonchev–Trinajstić information content (AvgIpc) is 2.65. The van der Waals surface area contributed by atoms with Gasteiger partial charge in [-0.1, -0.05) is 23.2 Å². The molecule has 1 amide bonds. The van der Waals surface area contributed by atoms with Crippen molar-refractivity contribution in [1.29, 1.82) is 0 Å². The van der Waals surface area contributed by atoms with E-state index in [9.17, 15) is 18.4 Å². The standard InChI is InChI=1S/C20H18Cl2F2N4O2/c1-3-27(4-2)20-25-18-15(8-12(21)9-16(18)22)19(30)28(20)26-17(29)7-11-5-13(23)10-14(24)6-11/h5-6,8-10H,3-4,7H2,1-2H3,(H,26,29). The lowest BCUT2D eigenvalue weighted by molar-refractivity contribution is -0.116. The van der Waals surface area contributed by atoms with Gasteiger partial charge in [0.25, 0.3) is 5.56 Å². The second kappa shape index (κ2) is 8.97. The summed E-state index contributed by atoms with van der Waals surface area (Å²) in [4.78, 5) is 31.9. The van der Waals surface area contributed by atoms with Crippen LogP contribution in [0.15, 0.2) is 35.1 Å². The van der Waals surface area contributed by atoms with Crippen LogP contribution in [0.5, 0.6) is 0 Å². The molecule has 0 bridgehead atoms. The van der Waals surface area contributed by atoms with E-state index in [0.29, 0.717) is 19.2 Å². The van der Waals surface area contributed by atoms with Crippen molar-refractivity contribution >= 4 is 46.0 Å². The van der Waals surface area contributed by atoms with Crippen molar-refractivity contribution in [1.82, 2.24) is 9.66 Å². The largest absolute Gasteiger partial charge is 0.341 e. The molecule has 0 fully saturated rings. The summed E-state index contributed by atoms with van der Waals surface area (Å²) in [7, 11) is 0. The number of nitrogens with one attached hydrogen (secondary N) is 1. The molecule has 0 atom stereocenters. The van der Waals surface area contributed by atoms with Gasteiger partial charge in [-0.25, -0.2) is 13.8 Å². The summed E-state index contributed by atoms with van der Waals surface area (Å²) in [5.41, 5.74) is 2.28. The van der Waals surface area contributed by atoms with Crippen molar-refractivity contribution in [2.75, 3.05) is 23.4 Å². The van der Waals surface area contributed by atoms with E-state index in [1.54, 1.807) is 4.90 Å². The fraction of sp³-hybridized carbons (Fsp3) is 0.250. The highest BCUT2D eigenvalue weighted by molar-refractivity contribution is 6.38. The normalized spacial score (nSPS) is 11.0. The molecule has 1 aromatic heterocycles. The minimum atomic E-state index is -0.796. The summed E-state index contributed by atoms with van der Waals surface area (Å²) < 4.78 is 27.8. The number of carbonyl (C=O) groups is 1. The summed E-state index contributed by atoms with van der Waals surface area (Å²) >= 11 is 12.2. The third kappa shape index (κ3) is 4.55. The minimum Gasteiger partial charge on any atom is -0.341 e. The Bertz CT molecular complexity index is 1160. The molecule has 2 aromatic carbocycles. The maximum Gasteiger partial charge on any atom is 0.281 e. The summed E-state index contributed by atoms with van der Waals surface area (Å²) in [6.07, 6.45) is -0.340. The highest BCUT2D eigenvalue weighted by atomic mass is 35.5. The molecule has 1 heterocycles. The molecular formula is C20H18Cl2F2N4O2. The number of fused-ring (bicyclic) bond motifs is 1. The third-order valence-corrected chi connectivity index (χ3v) is 4.95. The molecule has 0 aliphatic rings. The van der Waals surface area contributed by atoms with E-state index in [1.165, 1.54) is 12.1 Å². The van der Waals surface area contributed by atoms with Gasteiger partial charge in [0.05, 0.1) is 22.3 Å². The monoisotopic (exact) mass is 454 g/mol. The molecule has 0 saturated heterocycles. The molecular weight excluding hydrogens is 437 g/mol. The first-order valence-electron chi connectivity index (χ1n) is 9.15. The van der Waals surface area contributed by atoms with Crippen LogP contribution in [0, 0.1) is 11.6 Å². The quantitative estimate of drug-likeness (QED) is 0.607. The minimum absolute atomic E-state index is 0.125. The molecule has 158 valence electrons. The van der Waals surface area contributed by atoms with Crippen LogP contribution < -0.4 is 15.9 Å². The predicted octanol–water partition coefficient (Wildman–Crippen LogP) is 4.14. The highest BCUT2D eigenvalue weighted by Crippen LogP contribution is 2.26. The number of benzene rings is 2. The average molecular weight is 455 g/mol. The van der Waals surface area contributed by atoms with Crippen LogP contribution in [0.3, 0.4) is 0 Å². The number of aromatic nitrogens is 2. The lowest BCUT2D eigenvalue weighted by atomic mass is 10.1. The zero-order chi connectivity index (χ0) is 22.0. The van der Waals surface area contributed by atoms with Crippen molar-refractivity contribution in [2.24, 2.45) is 0 Å². The van der Waals surface area contributed by atoms with Crippen LogP contribution >= 0.6 is 23.2 Å². The van der Waals surface area contributed by atoms with Crippen LogP contribution in [0.1, 0.15) is 19.4 Å². The Hall–Kier alpha value is -2.71. The Morgan fingerprint density at radius 1 is 1.10 bits per heavy atom. The fourth-order valence-electron chi connectivity index (χ4n) is 3.09. The second-order valence-electron chi connectivity index (χ2n) is 6.50. The van der Waals surface area contributed by atoms with Gasteiger partial charge in [-0.3, -0.25) is 15.0 Å². The van der Waals surface area contributed by atoms with Gasteiger partial charge < -0.3 is 4.90 Å². The summed E-state index contributed by atoms with van der Waals surface area (Å²) in [6, 6.07) is 5.70. The Kier molecular flexibility index (Phi) is 6.58. The molecule has 10 heteroatoms. The van der Waals surface area contributed by atoms with E-state index in [4.69, 9.17) is 23.2 Å². The molecule has 0 aliphatic carbocycles. The first-order chi connectivity index (χ1) is 14.2. The number of halogens is 4. The van der Waals surface area contributed by atoms with E-state index < -0.39 is 23.1 Å². The van der Waals surface area contributed by atoms with Gasteiger partial charge in [-0.05, 0) is 43.7 Å². The van der Waals surface area contributed by atoms with Gasteiger partial charge in [0.15, 0.2) is 0 Å². The van der Waals surface area contributed by atoms with Crippen LogP contribution in [0.25, 0.3) is 10.9 Å². The smallest absolute Gasteiger partial charge is 0.281 e. The number of carbonyl (C=O) groups excluding carboxylic acids is 1. The van der Waals surface area contributed by atoms with Crippen LogP contribution in [0.4, 0.5) is 14.7 Å². The number of hydrogen-bond donors (Lipinski definition) is 1. The molecule has 3 aromatic rings. The number of amides is 1. The molecule has 0 unspecified atom stereocenters. The zero-order valence-electron chi connectivity index (χ0n) is 16.2. The van der Waals surface area contributed by atoms with Crippen LogP contribution in [-0.2, 0) is 11.2 Å². The fourth-order valence-corrected chi connectivity index (χ4v) is 3.62. The van der Waals surface area contributed by atoms with Crippen molar-refractivity contribution < 1.29 is 13.6 Å². The summed E-state index contributed by atoms with van der Waals surface area (Å²) in [6.45, 7) is 4.74. The lowest BCUT2D eigenvalue weighted by Gasteiger charge is -2.24. The summed E-state index contributed by atoms with van der Waals surface area (Å²) in [5, 5.41) is 0.576. The van der Waals surface area contributed by atoms with E-state index in [0.717, 1.165) is 16.8 Å². The van der Waals surface area contributed by atoms with Gasteiger partial charge in [0.1, 0.15) is 11.6 Å². The topological polar surface area (TPSA) is 67.2 Å². The molecule has 6 nitrogen and oxygen atoms in total. The Labute approximate surface area is 181 Å². The van der Waals surface area contributed by atoms with Gasteiger partial charge >= 0.3 is 0 Å². The predicted molar refractivity (Wildman–Crippen MR) is 114 cm³/mol. The first-order valence-corrected chi connectivity index (χ1v) is 9.90. The second-order valence-corrected chi connectivity index (χ2v) is 7.34. The third-order valence-electron chi connectivity index (χ3n) is 4.44. The van der Waals surface area contributed by atoms with Gasteiger partial charge in [0, 0.05) is 24.2 Å². The SMILES string of the molecule is CCN(CC)c1nc2c(Cl)cc(Cl)cc2c(=O)n1NC(=O)Cc1cc(F)cc(F)c1. The van der Waals surface area contributed by atoms with E-state index >= 15 is 0 Å². The van der Waals surface area contributed by atoms with Gasteiger partial charge in [0.2, 0.25) is 11.9 Å². The molecule has 0 spiro atoms. The molecule has 0 saturated carbocycles. The van der Waals surface area contributed by atoms with Crippen molar-refractivity contribution in [3.63, 3.8) is 0 Å². The maximum absolute atomic E-state index is 13.4. The lowest BCUT2D eigenvalue weighted by Crippen LogP contribution is -2.40. The van der Waals surface area contributed by atoms with Gasteiger partial charge in [-0.15, -0.1) is 0 Å². The summed E-state index contributed by atoms with van der Waals surface area (Å²) in [5.74, 6) is -2.06. The highest BCUT2D eigenvalue weighted by Gasteiger charge is 2.19. The number of rotatable bonds is 6. The Balaban J connectivity index is 2.08. The first kappa shape index (κ1) is 22.0. The van der Waals surface area contributed by atoms with Gasteiger partial charge in [-0.2, -0.15) is 4.68 Å². The number of hydrogen-bond acceptors (Lipinski definition) is 4. The Morgan fingerprint density at radius 2 is 1.73 bits per heavy atom. The van der Waals surface area contributed by atoms with Crippen molar-refractivity contribution in [3.8, 4) is 0 Å². The number of anilines is 1. The van der Waals surface area contributed by atoms with Crippen molar-refractivity contribution in [3.05, 3.63) is 67.9 Å². The Morgan fingerprint density at radius 3 is 2.33 bits per heavy atom. The van der Waals surface area contributed by atoms with E-state index in [2.05, 4.69) is 10.4 Å². The van der Waals surface area contributed by atoms with Crippen LogP contribution in [0.2, 0.25) is 10.0 Å². The molecule has 3 rings (SSSR count). The molecule has 1 N–H and O–H groups in total. The van der Waals surface area contributed by atoms with E-state index in [-0.39, 0.29) is 38.9 Å².